The molecule has 5 heteroatoms. The van der Waals surface area contributed by atoms with E-state index in [0.717, 1.165) is 32.0 Å². The van der Waals surface area contributed by atoms with Crippen LogP contribution in [0, 0.1) is 0 Å². The normalized spacial score (nSPS) is 20.9. The van der Waals surface area contributed by atoms with Crippen molar-refractivity contribution in [3.63, 3.8) is 0 Å². The number of carbonyl (C=O) groups excluding carboxylic acids is 1. The first-order chi connectivity index (χ1) is 9.63. The smallest absolute Gasteiger partial charge is 0.251 e. The summed E-state index contributed by atoms with van der Waals surface area (Å²) in [5.41, 5.74) is 6.76. The van der Waals surface area contributed by atoms with E-state index >= 15 is 0 Å². The quantitative estimate of drug-likeness (QED) is 0.841. The number of anilines is 1. The molecule has 108 valence electrons. The number of halogens is 1. The third-order valence-electron chi connectivity index (χ3n) is 4.19. The van der Waals surface area contributed by atoms with Gasteiger partial charge >= 0.3 is 0 Å². The van der Waals surface area contributed by atoms with Gasteiger partial charge in [-0.05, 0) is 43.9 Å². The molecule has 3 N–H and O–H groups in total. The summed E-state index contributed by atoms with van der Waals surface area (Å²) < 4.78 is 0. The number of nitrogens with one attached hydrogen (secondary N) is 1. The van der Waals surface area contributed by atoms with Crippen LogP contribution in [0.3, 0.4) is 0 Å². The van der Waals surface area contributed by atoms with Crippen molar-refractivity contribution in [2.24, 2.45) is 0 Å². The maximum absolute atomic E-state index is 12.2. The Morgan fingerprint density at radius 3 is 2.55 bits per heavy atom. The Morgan fingerprint density at radius 2 is 1.95 bits per heavy atom. The first-order valence-corrected chi connectivity index (χ1v) is 7.61. The van der Waals surface area contributed by atoms with Crippen molar-refractivity contribution >= 4 is 23.2 Å². The molecule has 20 heavy (non-hydrogen) atoms. The maximum atomic E-state index is 12.2. The molecular weight excluding hydrogens is 274 g/mol. The summed E-state index contributed by atoms with van der Waals surface area (Å²) in [6, 6.07) is 6.11. The fourth-order valence-electron chi connectivity index (χ4n) is 2.80. The van der Waals surface area contributed by atoms with Crippen LogP contribution in [0.1, 0.15) is 36.0 Å². The minimum atomic E-state index is -0.0572. The molecule has 2 aliphatic rings. The van der Waals surface area contributed by atoms with Gasteiger partial charge in [0, 0.05) is 30.7 Å². The predicted octanol–water partition coefficient (Wildman–Crippen LogP) is 2.28. The first-order valence-electron chi connectivity index (χ1n) is 7.23. The molecule has 1 heterocycles. The van der Waals surface area contributed by atoms with E-state index in [-0.39, 0.29) is 11.9 Å². The van der Waals surface area contributed by atoms with E-state index in [0.29, 0.717) is 16.3 Å². The number of hydrogen-bond acceptors (Lipinski definition) is 3. The number of nitrogens with two attached hydrogens (primary N) is 1. The van der Waals surface area contributed by atoms with E-state index < -0.39 is 0 Å². The van der Waals surface area contributed by atoms with E-state index in [2.05, 4.69) is 10.2 Å². The standard InChI is InChI=1S/C15H20ClN3O/c16-13-4-1-10(9-14(13)17)15(20)18-11-5-7-19(8-6-11)12-2-3-12/h1,4,9,11-12H,2-3,5-8,17H2,(H,18,20). The number of hydrogen-bond donors (Lipinski definition) is 2. The fourth-order valence-corrected chi connectivity index (χ4v) is 2.92. The minimum absolute atomic E-state index is 0.0572. The Hall–Kier alpha value is -1.26. The molecule has 0 radical (unpaired) electrons. The number of amides is 1. The summed E-state index contributed by atoms with van der Waals surface area (Å²) in [6.45, 7) is 2.19. The van der Waals surface area contributed by atoms with Crippen LogP contribution in [-0.2, 0) is 0 Å². The molecule has 0 unspecified atom stereocenters. The van der Waals surface area contributed by atoms with Crippen molar-refractivity contribution < 1.29 is 4.79 Å². The van der Waals surface area contributed by atoms with Crippen molar-refractivity contribution in [2.75, 3.05) is 18.8 Å². The summed E-state index contributed by atoms with van der Waals surface area (Å²) in [4.78, 5) is 14.7. The second-order valence-electron chi connectivity index (χ2n) is 5.75. The molecule has 1 saturated heterocycles. The Morgan fingerprint density at radius 1 is 1.25 bits per heavy atom. The van der Waals surface area contributed by atoms with Gasteiger partial charge in [-0.3, -0.25) is 4.79 Å². The Balaban J connectivity index is 1.54. The van der Waals surface area contributed by atoms with Gasteiger partial charge in [0.2, 0.25) is 0 Å². The third kappa shape index (κ3) is 3.07. The fraction of sp³-hybridized carbons (Fsp3) is 0.533. The van der Waals surface area contributed by atoms with Crippen LogP contribution in [0.2, 0.25) is 5.02 Å². The van der Waals surface area contributed by atoms with Crippen molar-refractivity contribution in [1.29, 1.82) is 0 Å². The zero-order valence-electron chi connectivity index (χ0n) is 11.4. The van der Waals surface area contributed by atoms with Gasteiger partial charge in [0.05, 0.1) is 10.7 Å². The van der Waals surface area contributed by atoms with Crippen molar-refractivity contribution in [3.05, 3.63) is 28.8 Å². The number of likely N-dealkylation sites (tertiary alicyclic amines) is 1. The molecule has 2 fully saturated rings. The van der Waals surface area contributed by atoms with Crippen LogP contribution < -0.4 is 11.1 Å². The van der Waals surface area contributed by atoms with E-state index in [9.17, 15) is 4.79 Å². The van der Waals surface area contributed by atoms with Gasteiger partial charge in [0.25, 0.3) is 5.91 Å². The second kappa shape index (κ2) is 5.62. The first kappa shape index (κ1) is 13.7. The molecule has 3 rings (SSSR count). The van der Waals surface area contributed by atoms with Gasteiger partial charge in [-0.1, -0.05) is 11.6 Å². The van der Waals surface area contributed by atoms with Crippen molar-refractivity contribution in [1.82, 2.24) is 10.2 Å². The number of carbonyl (C=O) groups is 1. The van der Waals surface area contributed by atoms with Crippen LogP contribution in [0.25, 0.3) is 0 Å². The molecule has 0 atom stereocenters. The molecule has 1 amide bonds. The topological polar surface area (TPSA) is 58.4 Å². The zero-order chi connectivity index (χ0) is 14.1. The van der Waals surface area contributed by atoms with E-state index in [4.69, 9.17) is 17.3 Å². The van der Waals surface area contributed by atoms with Gasteiger partial charge in [-0.2, -0.15) is 0 Å². The van der Waals surface area contributed by atoms with Crippen LogP contribution >= 0.6 is 11.6 Å². The highest BCUT2D eigenvalue weighted by Gasteiger charge is 2.32. The Labute approximate surface area is 124 Å². The molecular formula is C15H20ClN3O. The summed E-state index contributed by atoms with van der Waals surface area (Å²) in [5, 5.41) is 3.58. The average molecular weight is 294 g/mol. The van der Waals surface area contributed by atoms with Gasteiger partial charge in [-0.25, -0.2) is 0 Å². The van der Waals surface area contributed by atoms with Crippen LogP contribution in [0.15, 0.2) is 18.2 Å². The van der Waals surface area contributed by atoms with Crippen molar-refractivity contribution in [3.8, 4) is 0 Å². The molecule has 0 spiro atoms. The maximum Gasteiger partial charge on any atom is 0.251 e. The molecule has 1 aromatic rings. The lowest BCUT2D eigenvalue weighted by Crippen LogP contribution is -2.45. The molecule has 1 aromatic carbocycles. The molecule has 1 aliphatic heterocycles. The van der Waals surface area contributed by atoms with Gasteiger partial charge in [0.15, 0.2) is 0 Å². The molecule has 4 nitrogen and oxygen atoms in total. The second-order valence-corrected chi connectivity index (χ2v) is 6.16. The number of benzene rings is 1. The number of nitrogens with zero attached hydrogens (tertiary/aromatic N) is 1. The summed E-state index contributed by atoms with van der Waals surface area (Å²) in [5.74, 6) is -0.0572. The van der Waals surface area contributed by atoms with Crippen molar-refractivity contribution in [2.45, 2.75) is 37.8 Å². The molecule has 1 saturated carbocycles. The predicted molar refractivity (Wildman–Crippen MR) is 80.9 cm³/mol. The SMILES string of the molecule is Nc1cc(C(=O)NC2CCN(C3CC3)CC2)ccc1Cl. The number of piperidine rings is 1. The van der Waals surface area contributed by atoms with E-state index in [1.807, 2.05) is 0 Å². The van der Waals surface area contributed by atoms with Gasteiger partial charge < -0.3 is 16.0 Å². The monoisotopic (exact) mass is 293 g/mol. The Bertz CT molecular complexity index is 508. The molecule has 1 aliphatic carbocycles. The summed E-state index contributed by atoms with van der Waals surface area (Å²) >= 11 is 5.87. The molecule has 0 bridgehead atoms. The van der Waals surface area contributed by atoms with Crippen LogP contribution in [0.5, 0.6) is 0 Å². The highest BCUT2D eigenvalue weighted by atomic mass is 35.5. The average Bonchev–Trinajstić information content (AvgIpc) is 3.27. The Kier molecular flexibility index (Phi) is 3.85. The highest BCUT2D eigenvalue weighted by molar-refractivity contribution is 6.33. The summed E-state index contributed by atoms with van der Waals surface area (Å²) in [7, 11) is 0. The van der Waals surface area contributed by atoms with E-state index in [1.165, 1.54) is 12.8 Å². The lowest BCUT2D eigenvalue weighted by molar-refractivity contribution is 0.0909. The summed E-state index contributed by atoms with van der Waals surface area (Å²) in [6.07, 6.45) is 4.76. The number of rotatable bonds is 3. The zero-order valence-corrected chi connectivity index (χ0v) is 12.2. The highest BCUT2D eigenvalue weighted by Crippen LogP contribution is 2.29. The third-order valence-corrected chi connectivity index (χ3v) is 4.53. The molecule has 0 aromatic heterocycles. The largest absolute Gasteiger partial charge is 0.398 e. The number of nitrogen functional groups attached to an aromatic ring is 1. The minimum Gasteiger partial charge on any atom is -0.398 e. The van der Waals surface area contributed by atoms with Crippen LogP contribution in [0.4, 0.5) is 5.69 Å². The van der Waals surface area contributed by atoms with Gasteiger partial charge in [0.1, 0.15) is 0 Å². The lowest BCUT2D eigenvalue weighted by atomic mass is 10.0. The van der Waals surface area contributed by atoms with Gasteiger partial charge in [-0.15, -0.1) is 0 Å². The lowest BCUT2D eigenvalue weighted by Gasteiger charge is -2.32. The van der Waals surface area contributed by atoms with E-state index in [1.54, 1.807) is 18.2 Å². The van der Waals surface area contributed by atoms with Crippen LogP contribution in [-0.4, -0.2) is 36.0 Å².